The van der Waals surface area contributed by atoms with Crippen LogP contribution in [0.2, 0.25) is 0 Å². The Hall–Kier alpha value is -1.85. The number of nitrogens with one attached hydrogen (secondary N) is 1. The lowest BCUT2D eigenvalue weighted by Gasteiger charge is -2.36. The number of hydrogen-bond donors (Lipinski definition) is 1. The smallest absolute Gasteiger partial charge is 0.194 e. The summed E-state index contributed by atoms with van der Waals surface area (Å²) in [4.78, 5) is 9.62. The second-order valence-corrected chi connectivity index (χ2v) is 7.70. The van der Waals surface area contributed by atoms with Gasteiger partial charge < -0.3 is 24.2 Å². The molecule has 9 heteroatoms. The molecule has 0 saturated carbocycles. The van der Waals surface area contributed by atoms with Gasteiger partial charge in [-0.15, -0.1) is 24.0 Å². The first-order chi connectivity index (χ1) is 15.2. The largest absolute Gasteiger partial charge is 0.493 e. The molecule has 2 aromatic rings. The summed E-state index contributed by atoms with van der Waals surface area (Å²) in [6, 6.07) is 10.2. The van der Waals surface area contributed by atoms with E-state index >= 15 is 0 Å². The van der Waals surface area contributed by atoms with Crippen LogP contribution >= 0.6 is 24.0 Å². The Balaban J connectivity index is 0.00000363. The van der Waals surface area contributed by atoms with Crippen molar-refractivity contribution in [3.63, 3.8) is 0 Å². The average molecular weight is 557 g/mol. The number of nitrogens with zero attached hydrogens (tertiary/aromatic N) is 4. The summed E-state index contributed by atoms with van der Waals surface area (Å²) in [6.45, 7) is 11.5. The second kappa shape index (κ2) is 14.3. The molecule has 1 aliphatic heterocycles. The molecule has 1 saturated heterocycles. The molecule has 0 aliphatic carbocycles. The second-order valence-electron chi connectivity index (χ2n) is 7.70. The fourth-order valence-corrected chi connectivity index (χ4v) is 3.56. The molecule has 32 heavy (non-hydrogen) atoms. The van der Waals surface area contributed by atoms with Crippen LogP contribution in [0.25, 0.3) is 0 Å². The van der Waals surface area contributed by atoms with Gasteiger partial charge in [0.05, 0.1) is 18.8 Å². The van der Waals surface area contributed by atoms with Crippen molar-refractivity contribution < 1.29 is 14.0 Å². The number of aryl methyl sites for hydroxylation is 1. The zero-order chi connectivity index (χ0) is 21.9. The van der Waals surface area contributed by atoms with Crippen molar-refractivity contribution in [2.24, 2.45) is 4.99 Å². The van der Waals surface area contributed by atoms with E-state index in [1.54, 1.807) is 7.11 Å². The Labute approximate surface area is 208 Å². The Kier molecular flexibility index (Phi) is 11.8. The van der Waals surface area contributed by atoms with Crippen LogP contribution in [0.3, 0.4) is 0 Å². The van der Waals surface area contributed by atoms with Crippen LogP contribution < -0.4 is 10.1 Å². The van der Waals surface area contributed by atoms with E-state index in [2.05, 4.69) is 39.3 Å². The van der Waals surface area contributed by atoms with Crippen LogP contribution in [0.1, 0.15) is 30.4 Å². The van der Waals surface area contributed by atoms with Gasteiger partial charge in [-0.05, 0) is 31.5 Å². The van der Waals surface area contributed by atoms with Gasteiger partial charge in [-0.25, -0.2) is 4.99 Å². The van der Waals surface area contributed by atoms with Gasteiger partial charge >= 0.3 is 0 Å². The summed E-state index contributed by atoms with van der Waals surface area (Å²) in [5.41, 5.74) is 2.13. The van der Waals surface area contributed by atoms with Crippen LogP contribution in [0.5, 0.6) is 5.75 Å². The molecule has 1 N–H and O–H groups in total. The quantitative estimate of drug-likeness (QED) is 0.208. The number of benzene rings is 1. The van der Waals surface area contributed by atoms with E-state index in [9.17, 15) is 0 Å². The van der Waals surface area contributed by atoms with Crippen LogP contribution in [0.4, 0.5) is 0 Å². The fourth-order valence-electron chi connectivity index (χ4n) is 3.56. The summed E-state index contributed by atoms with van der Waals surface area (Å²) >= 11 is 0. The number of piperazine rings is 1. The predicted molar refractivity (Wildman–Crippen MR) is 137 cm³/mol. The topological polar surface area (TPSA) is 75.4 Å². The van der Waals surface area contributed by atoms with Gasteiger partial charge in [-0.3, -0.25) is 4.90 Å². The highest BCUT2D eigenvalue weighted by atomic mass is 127. The summed E-state index contributed by atoms with van der Waals surface area (Å²) in [5.74, 6) is 2.70. The molecular weight excluding hydrogens is 521 g/mol. The number of methoxy groups -OCH3 is 1. The fraction of sp³-hybridized carbons (Fsp3) is 0.565. The lowest BCUT2D eigenvalue weighted by molar-refractivity contribution is 0.169. The highest BCUT2D eigenvalue weighted by molar-refractivity contribution is 14.0. The van der Waals surface area contributed by atoms with Crippen LogP contribution in [-0.4, -0.2) is 74.0 Å². The molecular formula is C23H36IN5O3. The van der Waals surface area contributed by atoms with E-state index in [4.69, 9.17) is 19.0 Å². The van der Waals surface area contributed by atoms with Gasteiger partial charge in [0.1, 0.15) is 11.5 Å². The Morgan fingerprint density at radius 2 is 2.00 bits per heavy atom. The molecule has 1 aromatic carbocycles. The van der Waals surface area contributed by atoms with Gasteiger partial charge in [0.15, 0.2) is 5.96 Å². The summed E-state index contributed by atoms with van der Waals surface area (Å²) in [5, 5.41) is 7.55. The van der Waals surface area contributed by atoms with Crippen molar-refractivity contribution in [2.75, 3.05) is 53.0 Å². The van der Waals surface area contributed by atoms with Crippen molar-refractivity contribution in [2.45, 2.75) is 33.4 Å². The van der Waals surface area contributed by atoms with Gasteiger partial charge in [0.25, 0.3) is 0 Å². The van der Waals surface area contributed by atoms with E-state index in [1.807, 2.05) is 25.1 Å². The first-order valence-corrected chi connectivity index (χ1v) is 11.1. The first-order valence-electron chi connectivity index (χ1n) is 11.1. The predicted octanol–water partition coefficient (Wildman–Crippen LogP) is 3.30. The minimum Gasteiger partial charge on any atom is -0.493 e. The molecule has 0 radical (unpaired) electrons. The number of aromatic nitrogens is 1. The molecule has 2 heterocycles. The third kappa shape index (κ3) is 8.59. The maximum absolute atomic E-state index is 5.81. The van der Waals surface area contributed by atoms with Crippen LogP contribution in [-0.2, 0) is 17.8 Å². The first kappa shape index (κ1) is 26.4. The summed E-state index contributed by atoms with van der Waals surface area (Å²) < 4.78 is 16.1. The zero-order valence-corrected chi connectivity index (χ0v) is 21.7. The minimum atomic E-state index is 0. The lowest BCUT2D eigenvalue weighted by atomic mass is 10.2. The Morgan fingerprint density at radius 3 is 2.69 bits per heavy atom. The molecule has 1 fully saturated rings. The van der Waals surface area contributed by atoms with E-state index in [0.29, 0.717) is 19.8 Å². The monoisotopic (exact) mass is 557 g/mol. The van der Waals surface area contributed by atoms with E-state index in [1.165, 1.54) is 0 Å². The SMILES string of the molecule is CCNC(=NCc1cccc(OCCCOC)c1)N1CCN(Cc2cc(C)on2)CC1.I. The van der Waals surface area contributed by atoms with Crippen LogP contribution in [0.15, 0.2) is 39.8 Å². The van der Waals surface area contributed by atoms with Gasteiger partial charge in [-0.2, -0.15) is 0 Å². The van der Waals surface area contributed by atoms with Crippen molar-refractivity contribution in [3.05, 3.63) is 47.3 Å². The normalized spacial score (nSPS) is 14.8. The molecule has 3 rings (SSSR count). The van der Waals surface area contributed by atoms with Gasteiger partial charge in [0, 0.05) is 65.5 Å². The van der Waals surface area contributed by atoms with E-state index < -0.39 is 0 Å². The maximum Gasteiger partial charge on any atom is 0.194 e. The van der Waals surface area contributed by atoms with E-state index in [0.717, 1.165) is 74.4 Å². The number of aliphatic imine (C=N–C) groups is 1. The summed E-state index contributed by atoms with van der Waals surface area (Å²) in [6.07, 6.45) is 0.881. The number of rotatable bonds is 10. The molecule has 0 unspecified atom stereocenters. The highest BCUT2D eigenvalue weighted by Crippen LogP contribution is 2.15. The number of ether oxygens (including phenoxy) is 2. The third-order valence-corrected chi connectivity index (χ3v) is 5.14. The number of hydrogen-bond acceptors (Lipinski definition) is 6. The van der Waals surface area contributed by atoms with Gasteiger partial charge in [0.2, 0.25) is 0 Å². The van der Waals surface area contributed by atoms with Crippen molar-refractivity contribution >= 4 is 29.9 Å². The average Bonchev–Trinajstić information content (AvgIpc) is 3.19. The number of halogens is 1. The molecule has 0 atom stereocenters. The molecule has 8 nitrogen and oxygen atoms in total. The molecule has 0 amide bonds. The Bertz CT molecular complexity index is 821. The lowest BCUT2D eigenvalue weighted by Crippen LogP contribution is -2.52. The maximum atomic E-state index is 5.81. The summed E-state index contributed by atoms with van der Waals surface area (Å²) in [7, 11) is 1.71. The number of guanidine groups is 1. The van der Waals surface area contributed by atoms with Crippen molar-refractivity contribution in [1.29, 1.82) is 0 Å². The molecule has 1 aliphatic rings. The van der Waals surface area contributed by atoms with Crippen molar-refractivity contribution in [3.8, 4) is 5.75 Å². The minimum absolute atomic E-state index is 0. The molecule has 0 bridgehead atoms. The Morgan fingerprint density at radius 1 is 1.19 bits per heavy atom. The van der Waals surface area contributed by atoms with Crippen molar-refractivity contribution in [1.82, 2.24) is 20.3 Å². The third-order valence-electron chi connectivity index (χ3n) is 5.14. The standard InChI is InChI=1S/C23H35N5O3.HI/c1-4-24-23(25-17-20-7-5-8-22(16-20)30-14-6-13-29-3)28-11-9-27(10-12-28)18-21-15-19(2)31-26-21;/h5,7-8,15-16H,4,6,9-14,17-18H2,1-3H3,(H,24,25);1H. The molecule has 0 spiro atoms. The molecule has 178 valence electrons. The zero-order valence-electron chi connectivity index (χ0n) is 19.4. The van der Waals surface area contributed by atoms with E-state index in [-0.39, 0.29) is 24.0 Å². The molecule has 1 aromatic heterocycles. The highest BCUT2D eigenvalue weighted by Gasteiger charge is 2.20. The van der Waals surface area contributed by atoms with Gasteiger partial charge in [-0.1, -0.05) is 17.3 Å². The van der Waals surface area contributed by atoms with Crippen LogP contribution in [0, 0.1) is 6.92 Å².